The predicted molar refractivity (Wildman–Crippen MR) is 235 cm³/mol. The van der Waals surface area contributed by atoms with Crippen LogP contribution in [-0.2, 0) is 47.3 Å². The number of esters is 2. The molecule has 1 saturated carbocycles. The van der Waals surface area contributed by atoms with Crippen molar-refractivity contribution in [1.82, 2.24) is 0 Å². The minimum absolute atomic E-state index is 0.00356. The van der Waals surface area contributed by atoms with Crippen molar-refractivity contribution in [2.75, 3.05) is 47.5 Å². The summed E-state index contributed by atoms with van der Waals surface area (Å²) in [7, 11) is 1.36. The molecule has 2 aliphatic rings. The summed E-state index contributed by atoms with van der Waals surface area (Å²) >= 11 is 0. The molecule has 0 aromatic carbocycles. The first-order valence-electron chi connectivity index (χ1n) is 22.9. The van der Waals surface area contributed by atoms with Crippen LogP contribution in [0.15, 0.2) is 48.6 Å². The summed E-state index contributed by atoms with van der Waals surface area (Å²) in [5.41, 5.74) is 0. The van der Waals surface area contributed by atoms with Gasteiger partial charge in [-0.2, -0.15) is 0 Å². The van der Waals surface area contributed by atoms with E-state index in [2.05, 4.69) is 43.0 Å². The molecule has 0 aromatic heterocycles. The summed E-state index contributed by atoms with van der Waals surface area (Å²) in [6.45, 7) is 4.02. The van der Waals surface area contributed by atoms with E-state index in [0.717, 1.165) is 51.4 Å². The lowest BCUT2D eigenvalue weighted by molar-refractivity contribution is -0.870. The summed E-state index contributed by atoms with van der Waals surface area (Å²) in [4.78, 5) is 51.3. The average molecular weight is 871 g/mol. The second-order valence-corrected chi connectivity index (χ2v) is 18.7. The maximum Gasteiger partial charge on any atom is 0.472 e. The topological polar surface area (TPSA) is 156 Å². The highest BCUT2D eigenvalue weighted by Crippen LogP contribution is 2.45. The zero-order valence-corrected chi connectivity index (χ0v) is 38.5. The lowest BCUT2D eigenvalue weighted by Gasteiger charge is -2.27. The minimum atomic E-state index is -4.43. The largest absolute Gasteiger partial charge is 0.472 e. The summed E-state index contributed by atoms with van der Waals surface area (Å²) in [5.74, 6) is -0.599. The van der Waals surface area contributed by atoms with Gasteiger partial charge in [-0.05, 0) is 64.2 Å². The highest BCUT2D eigenvalue weighted by atomic mass is 31.2. The monoisotopic (exact) mass is 871 g/mol. The van der Waals surface area contributed by atoms with Gasteiger partial charge in [0.25, 0.3) is 0 Å². The molecule has 2 bridgehead atoms. The highest BCUT2D eigenvalue weighted by Gasteiger charge is 2.49. The van der Waals surface area contributed by atoms with E-state index in [1.165, 1.54) is 44.9 Å². The van der Waals surface area contributed by atoms with Crippen molar-refractivity contribution in [2.24, 2.45) is 11.8 Å². The standard InChI is InChI=1S/C46H80NO12P/c1-6-8-10-11-12-13-14-15-16-17-18-19-20-21-26-30-45(48)53-37-40(38-55-60(51,52)54-35-34-47(3,4)5)56-46(49)31-27-23-22-25-29-41-42(44-36-43(41)58-59-44)33-32-39(57-50)28-24-9-7-2/h9,15-16,22,24-25,32-33,39-44H,6-8,10-14,17-21,23,26-31,34-38H2,1-5H3,(H-,50,51,52)/p+1/b16-15-,24-9-,25-22-,33-32+. The Kier molecular flexibility index (Phi) is 29.2. The number of ether oxygens (including phenoxy) is 2. The molecular weight excluding hydrogens is 789 g/mol. The number of allylic oxidation sites excluding steroid dienone is 5. The molecular formula is C46H81NO12P+. The number of unbranched alkanes of at least 4 members (excludes halogenated alkanes) is 12. The number of rotatable bonds is 37. The second kappa shape index (κ2) is 32.5. The number of carbonyl (C=O) groups excluding carboxylic acids is 2. The number of phosphoric acid groups is 1. The Morgan fingerprint density at radius 1 is 0.767 bits per heavy atom. The molecule has 346 valence electrons. The number of phosphoric ester groups is 1. The first-order valence-corrected chi connectivity index (χ1v) is 24.4. The lowest BCUT2D eigenvalue weighted by Crippen LogP contribution is -2.37. The van der Waals surface area contributed by atoms with E-state index in [0.29, 0.717) is 36.7 Å². The zero-order valence-electron chi connectivity index (χ0n) is 37.6. The number of likely N-dealkylation sites (N-methyl/N-ethyl adjacent to an activating group) is 1. The van der Waals surface area contributed by atoms with E-state index in [4.69, 9.17) is 28.3 Å². The van der Waals surface area contributed by atoms with Gasteiger partial charge in [0.2, 0.25) is 0 Å². The van der Waals surface area contributed by atoms with Crippen molar-refractivity contribution < 1.29 is 62.0 Å². The van der Waals surface area contributed by atoms with E-state index in [-0.39, 0.29) is 50.1 Å². The van der Waals surface area contributed by atoms with Gasteiger partial charge in [-0.25, -0.2) is 19.2 Å². The van der Waals surface area contributed by atoms with Gasteiger partial charge >= 0.3 is 19.8 Å². The lowest BCUT2D eigenvalue weighted by atomic mass is 9.89. The Morgan fingerprint density at radius 3 is 2.08 bits per heavy atom. The third kappa shape index (κ3) is 26.3. The van der Waals surface area contributed by atoms with Crippen LogP contribution < -0.4 is 0 Å². The molecule has 2 fully saturated rings. The fourth-order valence-corrected chi connectivity index (χ4v) is 7.90. The molecule has 1 saturated heterocycles. The number of fused-ring (bicyclic) bond motifs is 2. The molecule has 0 radical (unpaired) electrons. The first-order chi connectivity index (χ1) is 28.9. The van der Waals surface area contributed by atoms with Crippen molar-refractivity contribution in [1.29, 1.82) is 0 Å². The van der Waals surface area contributed by atoms with Crippen LogP contribution in [0.1, 0.15) is 149 Å². The molecule has 7 unspecified atom stereocenters. The van der Waals surface area contributed by atoms with Gasteiger partial charge in [0.05, 0.1) is 33.9 Å². The fraction of sp³-hybridized carbons (Fsp3) is 0.783. The van der Waals surface area contributed by atoms with E-state index in [1.54, 1.807) is 0 Å². The van der Waals surface area contributed by atoms with Gasteiger partial charge in [0.1, 0.15) is 32.0 Å². The molecule has 0 amide bonds. The Labute approximate surface area is 361 Å². The van der Waals surface area contributed by atoms with Crippen LogP contribution >= 0.6 is 7.82 Å². The molecule has 13 nitrogen and oxygen atoms in total. The van der Waals surface area contributed by atoms with Crippen molar-refractivity contribution >= 4 is 19.8 Å². The summed E-state index contributed by atoms with van der Waals surface area (Å²) in [5, 5.41) is 9.32. The van der Waals surface area contributed by atoms with Crippen LogP contribution in [0, 0.1) is 11.8 Å². The van der Waals surface area contributed by atoms with Gasteiger partial charge in [0, 0.05) is 31.1 Å². The molecule has 1 aliphatic heterocycles. The second-order valence-electron chi connectivity index (χ2n) is 17.2. The van der Waals surface area contributed by atoms with E-state index < -0.39 is 38.6 Å². The molecule has 0 spiro atoms. The van der Waals surface area contributed by atoms with Crippen LogP contribution in [0.5, 0.6) is 0 Å². The molecule has 60 heavy (non-hydrogen) atoms. The SMILES string of the molecule is CC/C=C\CC(/C=C/C1C2CC(OO2)C1C/C=C\CCCC(=O)OC(COC(=O)CCCCCCC/C=C\CCCCCCCC)COP(=O)(O)OCC[N+](C)(C)C)OO. The van der Waals surface area contributed by atoms with Gasteiger partial charge in [-0.1, -0.05) is 114 Å². The van der Waals surface area contributed by atoms with Gasteiger partial charge in [-0.15, -0.1) is 0 Å². The van der Waals surface area contributed by atoms with Gasteiger partial charge < -0.3 is 18.9 Å². The molecule has 1 aliphatic carbocycles. The quantitative estimate of drug-likeness (QED) is 0.0116. The number of quaternary nitrogens is 1. The van der Waals surface area contributed by atoms with Crippen LogP contribution in [-0.4, -0.2) is 98.5 Å². The zero-order chi connectivity index (χ0) is 43.9. The molecule has 2 rings (SSSR count). The molecule has 14 heteroatoms. The Balaban J connectivity index is 1.75. The van der Waals surface area contributed by atoms with E-state index >= 15 is 0 Å². The van der Waals surface area contributed by atoms with Crippen molar-refractivity contribution in [3.05, 3.63) is 48.6 Å². The summed E-state index contributed by atoms with van der Waals surface area (Å²) in [6, 6.07) is 0. The van der Waals surface area contributed by atoms with Crippen LogP contribution in [0.4, 0.5) is 0 Å². The smallest absolute Gasteiger partial charge is 0.462 e. The minimum Gasteiger partial charge on any atom is -0.462 e. The highest BCUT2D eigenvalue weighted by molar-refractivity contribution is 7.47. The number of hydrogen-bond donors (Lipinski definition) is 2. The van der Waals surface area contributed by atoms with Crippen LogP contribution in [0.3, 0.4) is 0 Å². The Bertz CT molecular complexity index is 1310. The van der Waals surface area contributed by atoms with Crippen molar-refractivity contribution in [2.45, 2.75) is 173 Å². The van der Waals surface area contributed by atoms with Crippen LogP contribution in [0.25, 0.3) is 0 Å². The predicted octanol–water partition coefficient (Wildman–Crippen LogP) is 10.5. The number of nitrogens with zero attached hydrogens (tertiary/aromatic N) is 1. The van der Waals surface area contributed by atoms with E-state index in [1.807, 2.05) is 45.4 Å². The maximum atomic E-state index is 12.9. The number of hydrogen-bond acceptors (Lipinski definition) is 11. The first kappa shape index (κ1) is 53.9. The van der Waals surface area contributed by atoms with Gasteiger partial charge in [-0.3, -0.25) is 23.9 Å². The normalized spacial score (nSPS) is 21.4. The third-order valence-electron chi connectivity index (χ3n) is 10.8. The van der Waals surface area contributed by atoms with Crippen molar-refractivity contribution in [3.63, 3.8) is 0 Å². The Morgan fingerprint density at radius 2 is 1.40 bits per heavy atom. The Hall–Kier alpha value is -2.19. The molecule has 1 heterocycles. The molecule has 0 aromatic rings. The van der Waals surface area contributed by atoms with Gasteiger partial charge in [0.15, 0.2) is 6.10 Å². The maximum absolute atomic E-state index is 12.9. The van der Waals surface area contributed by atoms with Crippen LogP contribution in [0.2, 0.25) is 0 Å². The summed E-state index contributed by atoms with van der Waals surface area (Å²) < 4.78 is 34.4. The number of carbonyl (C=O) groups is 2. The average Bonchev–Trinajstić information content (AvgIpc) is 3.82. The fourth-order valence-electron chi connectivity index (χ4n) is 7.16. The molecule has 7 atom stereocenters. The van der Waals surface area contributed by atoms with Crippen molar-refractivity contribution in [3.8, 4) is 0 Å². The van der Waals surface area contributed by atoms with E-state index in [9.17, 15) is 24.3 Å². The molecule has 2 N–H and O–H groups in total. The summed E-state index contributed by atoms with van der Waals surface area (Å²) in [6.07, 6.45) is 34.8. The third-order valence-corrected chi connectivity index (χ3v) is 11.7.